The fraction of sp³-hybridized carbons (Fsp3) is 0.417. The molecule has 0 saturated carbocycles. The third kappa shape index (κ3) is 3.63. The number of benzene rings is 1. The number of halogens is 2. The van der Waals surface area contributed by atoms with Crippen molar-refractivity contribution < 1.29 is 18.3 Å². The zero-order valence-corrected chi connectivity index (χ0v) is 13.5. The molecule has 0 aliphatic rings. The molecule has 0 aliphatic carbocycles. The first-order chi connectivity index (χ1) is 9.08. The molecule has 1 aromatic rings. The van der Waals surface area contributed by atoms with Crippen LogP contribution in [0.4, 0.5) is 0 Å². The van der Waals surface area contributed by atoms with Gasteiger partial charge in [-0.05, 0) is 24.5 Å². The van der Waals surface area contributed by atoms with Crippen LogP contribution in [0.5, 0.6) is 0 Å². The number of carboxylic acids is 1. The van der Waals surface area contributed by atoms with E-state index in [0.29, 0.717) is 5.56 Å². The van der Waals surface area contributed by atoms with E-state index in [1.165, 1.54) is 6.07 Å². The van der Waals surface area contributed by atoms with E-state index in [1.807, 2.05) is 0 Å². The predicted octanol–water partition coefficient (Wildman–Crippen LogP) is 2.69. The predicted molar refractivity (Wildman–Crippen MR) is 77.8 cm³/mol. The van der Waals surface area contributed by atoms with Gasteiger partial charge in [-0.2, -0.15) is 4.72 Å². The molecule has 0 radical (unpaired) electrons. The summed E-state index contributed by atoms with van der Waals surface area (Å²) in [5.74, 6) is -1.69. The summed E-state index contributed by atoms with van der Waals surface area (Å²) in [5.41, 5.74) is 0.535. The van der Waals surface area contributed by atoms with Gasteiger partial charge in [-0.15, -0.1) is 0 Å². The average molecular weight is 340 g/mol. The molecular formula is C12H15Cl2NO4S. The monoisotopic (exact) mass is 339 g/mol. The number of hydrogen-bond acceptors (Lipinski definition) is 3. The van der Waals surface area contributed by atoms with Gasteiger partial charge in [-0.3, -0.25) is 4.79 Å². The van der Waals surface area contributed by atoms with Gasteiger partial charge in [-0.1, -0.05) is 43.1 Å². The third-order valence-corrected chi connectivity index (χ3v) is 5.28. The van der Waals surface area contributed by atoms with Gasteiger partial charge >= 0.3 is 5.97 Å². The van der Waals surface area contributed by atoms with Crippen LogP contribution in [0.2, 0.25) is 10.0 Å². The summed E-state index contributed by atoms with van der Waals surface area (Å²) in [7, 11) is -4.13. The normalized spacial score (nSPS) is 13.5. The largest absolute Gasteiger partial charge is 0.480 e. The van der Waals surface area contributed by atoms with E-state index < -0.39 is 28.0 Å². The third-order valence-electron chi connectivity index (χ3n) is 2.73. The maximum Gasteiger partial charge on any atom is 0.322 e. The lowest BCUT2D eigenvalue weighted by atomic mass is 10.1. The fourth-order valence-corrected chi connectivity index (χ4v) is 4.10. The van der Waals surface area contributed by atoms with E-state index in [9.17, 15) is 13.2 Å². The number of sulfonamides is 1. The van der Waals surface area contributed by atoms with Crippen molar-refractivity contribution in [3.63, 3.8) is 0 Å². The maximum atomic E-state index is 12.3. The standard InChI is InChI=1S/C12H15Cl2NO4S/c1-6(2)10(12(16)17)15-20(18,19)11-8(13)5-4-7(3)9(11)14/h4-6,10,15H,1-3H3,(H,16,17). The second-order valence-corrected chi connectivity index (χ2v) is 7.12. The Morgan fingerprint density at radius 2 is 1.85 bits per heavy atom. The van der Waals surface area contributed by atoms with Crippen molar-refractivity contribution in [3.8, 4) is 0 Å². The van der Waals surface area contributed by atoms with Gasteiger partial charge in [0.1, 0.15) is 10.9 Å². The molecule has 0 aliphatic heterocycles. The molecule has 8 heteroatoms. The van der Waals surface area contributed by atoms with Gasteiger partial charge in [0.15, 0.2) is 0 Å². The molecular weight excluding hydrogens is 325 g/mol. The Morgan fingerprint density at radius 3 is 2.30 bits per heavy atom. The Balaban J connectivity index is 3.31. The molecule has 20 heavy (non-hydrogen) atoms. The van der Waals surface area contributed by atoms with E-state index in [0.717, 1.165) is 0 Å². The molecule has 0 fully saturated rings. The molecule has 1 unspecified atom stereocenters. The molecule has 0 bridgehead atoms. The molecule has 0 spiro atoms. The van der Waals surface area contributed by atoms with Crippen molar-refractivity contribution in [1.29, 1.82) is 0 Å². The molecule has 0 saturated heterocycles. The number of rotatable bonds is 5. The van der Waals surface area contributed by atoms with Crippen LogP contribution in [-0.4, -0.2) is 25.5 Å². The Morgan fingerprint density at radius 1 is 1.30 bits per heavy atom. The fourth-order valence-electron chi connectivity index (χ4n) is 1.57. The Hall–Kier alpha value is -0.820. The van der Waals surface area contributed by atoms with Crippen molar-refractivity contribution in [2.75, 3.05) is 0 Å². The zero-order chi connectivity index (χ0) is 15.7. The van der Waals surface area contributed by atoms with Crippen molar-refractivity contribution in [1.82, 2.24) is 4.72 Å². The number of carbonyl (C=O) groups is 1. The van der Waals surface area contributed by atoms with E-state index >= 15 is 0 Å². The van der Waals surface area contributed by atoms with Crippen LogP contribution in [0.3, 0.4) is 0 Å². The maximum absolute atomic E-state index is 12.3. The van der Waals surface area contributed by atoms with Crippen molar-refractivity contribution in [2.24, 2.45) is 5.92 Å². The SMILES string of the molecule is Cc1ccc(Cl)c(S(=O)(=O)NC(C(=O)O)C(C)C)c1Cl. The minimum Gasteiger partial charge on any atom is -0.480 e. The van der Waals surface area contributed by atoms with Crippen LogP contribution >= 0.6 is 23.2 Å². The number of aliphatic carboxylic acids is 1. The first-order valence-electron chi connectivity index (χ1n) is 5.77. The van der Waals surface area contributed by atoms with Gasteiger partial charge < -0.3 is 5.11 Å². The number of hydrogen-bond donors (Lipinski definition) is 2. The molecule has 112 valence electrons. The van der Waals surface area contributed by atoms with Crippen LogP contribution in [0.25, 0.3) is 0 Å². The van der Waals surface area contributed by atoms with Crippen molar-refractivity contribution in [3.05, 3.63) is 27.7 Å². The Labute approximate surface area is 127 Å². The number of nitrogens with one attached hydrogen (secondary N) is 1. The van der Waals surface area contributed by atoms with Gasteiger partial charge in [0.25, 0.3) is 0 Å². The molecule has 2 N–H and O–H groups in total. The molecule has 1 atom stereocenters. The summed E-state index contributed by atoms with van der Waals surface area (Å²) in [6.45, 7) is 4.83. The first kappa shape index (κ1) is 17.2. The topological polar surface area (TPSA) is 83.5 Å². The smallest absolute Gasteiger partial charge is 0.322 e. The van der Waals surface area contributed by atoms with Crippen LogP contribution in [0, 0.1) is 12.8 Å². The van der Waals surface area contributed by atoms with Crippen LogP contribution in [0.15, 0.2) is 17.0 Å². The lowest BCUT2D eigenvalue weighted by molar-refractivity contribution is -0.140. The van der Waals surface area contributed by atoms with Gasteiger partial charge in [-0.25, -0.2) is 8.42 Å². The molecule has 1 rings (SSSR count). The summed E-state index contributed by atoms with van der Waals surface area (Å²) in [4.78, 5) is 10.8. The average Bonchev–Trinajstić information content (AvgIpc) is 2.30. The van der Waals surface area contributed by atoms with E-state index in [-0.39, 0.29) is 14.9 Å². The highest BCUT2D eigenvalue weighted by atomic mass is 35.5. The molecule has 5 nitrogen and oxygen atoms in total. The second-order valence-electron chi connectivity index (χ2n) is 4.69. The van der Waals surface area contributed by atoms with E-state index in [2.05, 4.69) is 4.72 Å². The number of aryl methyl sites for hydroxylation is 1. The van der Waals surface area contributed by atoms with Crippen LogP contribution in [-0.2, 0) is 14.8 Å². The highest BCUT2D eigenvalue weighted by Gasteiger charge is 2.31. The minimum absolute atomic E-state index is 0.0158. The van der Waals surface area contributed by atoms with Gasteiger partial charge in [0.2, 0.25) is 10.0 Å². The first-order valence-corrected chi connectivity index (χ1v) is 8.01. The lowest BCUT2D eigenvalue weighted by Crippen LogP contribution is -2.44. The molecule has 0 heterocycles. The van der Waals surface area contributed by atoms with Gasteiger partial charge in [0.05, 0.1) is 10.0 Å². The summed E-state index contributed by atoms with van der Waals surface area (Å²) >= 11 is 11.9. The minimum atomic E-state index is -4.13. The van der Waals surface area contributed by atoms with E-state index in [1.54, 1.807) is 26.8 Å². The zero-order valence-electron chi connectivity index (χ0n) is 11.1. The summed E-state index contributed by atoms with van der Waals surface area (Å²) < 4.78 is 26.7. The molecule has 0 aromatic heterocycles. The van der Waals surface area contributed by atoms with Crippen LogP contribution < -0.4 is 4.72 Å². The summed E-state index contributed by atoms with van der Waals surface area (Å²) in [5, 5.41) is 8.98. The lowest BCUT2D eigenvalue weighted by Gasteiger charge is -2.19. The molecule has 1 aromatic carbocycles. The van der Waals surface area contributed by atoms with Gasteiger partial charge in [0, 0.05) is 0 Å². The molecule has 0 amide bonds. The second kappa shape index (κ2) is 6.30. The number of carboxylic acid groups (broad SMARTS) is 1. The van der Waals surface area contributed by atoms with Crippen molar-refractivity contribution in [2.45, 2.75) is 31.7 Å². The Kier molecular flexibility index (Phi) is 5.43. The van der Waals surface area contributed by atoms with Crippen molar-refractivity contribution >= 4 is 39.2 Å². The van der Waals surface area contributed by atoms with E-state index in [4.69, 9.17) is 28.3 Å². The highest BCUT2D eigenvalue weighted by Crippen LogP contribution is 2.32. The quantitative estimate of drug-likeness (QED) is 0.863. The summed E-state index contributed by atoms with van der Waals surface area (Å²) in [6, 6.07) is 1.73. The highest BCUT2D eigenvalue weighted by molar-refractivity contribution is 7.89. The Bertz CT molecular complexity index is 629. The summed E-state index contributed by atoms with van der Waals surface area (Å²) in [6.07, 6.45) is 0. The van der Waals surface area contributed by atoms with Crippen LogP contribution in [0.1, 0.15) is 19.4 Å².